The zero-order valence-corrected chi connectivity index (χ0v) is 17.1. The maximum atomic E-state index is 12.6. The first-order valence-electron chi connectivity index (χ1n) is 9.23. The van der Waals surface area contributed by atoms with Crippen molar-refractivity contribution in [3.05, 3.63) is 59.2 Å². The lowest BCUT2D eigenvalue weighted by molar-refractivity contribution is -0.137. The van der Waals surface area contributed by atoms with Crippen molar-refractivity contribution in [1.82, 2.24) is 4.72 Å². The minimum absolute atomic E-state index is 0.0130. The number of benzene rings is 2. The molecule has 2 aromatic rings. The highest BCUT2D eigenvalue weighted by atomic mass is 32.2. The molecule has 0 heterocycles. The van der Waals surface area contributed by atoms with Crippen molar-refractivity contribution in [3.63, 3.8) is 0 Å². The lowest BCUT2D eigenvalue weighted by Crippen LogP contribution is -2.26. The predicted molar refractivity (Wildman–Crippen MR) is 105 cm³/mol. The van der Waals surface area contributed by atoms with Gasteiger partial charge in [0.05, 0.1) is 16.0 Å². The molecule has 166 valence electrons. The van der Waals surface area contributed by atoms with E-state index in [1.165, 1.54) is 18.2 Å². The molecule has 1 aliphatic rings. The number of ether oxygens (including phenoxy) is 1. The number of amides is 1. The first kappa shape index (κ1) is 22.8. The second kappa shape index (κ2) is 8.67. The first-order valence-corrected chi connectivity index (χ1v) is 10.7. The minimum atomic E-state index is -4.49. The third-order valence-electron chi connectivity index (χ3n) is 4.47. The Morgan fingerprint density at radius 1 is 1.10 bits per heavy atom. The van der Waals surface area contributed by atoms with E-state index in [1.807, 2.05) is 0 Å². The lowest BCUT2D eigenvalue weighted by Gasteiger charge is -2.11. The van der Waals surface area contributed by atoms with Crippen molar-refractivity contribution >= 4 is 27.6 Å². The second-order valence-corrected chi connectivity index (χ2v) is 8.79. The van der Waals surface area contributed by atoms with Crippen molar-refractivity contribution in [2.75, 3.05) is 11.9 Å². The summed E-state index contributed by atoms with van der Waals surface area (Å²) in [5, 5.41) is 2.32. The molecule has 0 bridgehead atoms. The van der Waals surface area contributed by atoms with Crippen LogP contribution in [0.2, 0.25) is 0 Å². The summed E-state index contributed by atoms with van der Waals surface area (Å²) in [7, 11) is -3.77. The molecule has 2 aromatic carbocycles. The zero-order chi connectivity index (χ0) is 22.8. The number of halogens is 3. The Bertz CT molecular complexity index is 1090. The van der Waals surface area contributed by atoms with E-state index >= 15 is 0 Å². The summed E-state index contributed by atoms with van der Waals surface area (Å²) >= 11 is 0. The maximum Gasteiger partial charge on any atom is 0.416 e. The highest BCUT2D eigenvalue weighted by molar-refractivity contribution is 7.89. The van der Waals surface area contributed by atoms with Gasteiger partial charge in [-0.1, -0.05) is 6.07 Å². The Morgan fingerprint density at radius 3 is 2.32 bits per heavy atom. The van der Waals surface area contributed by atoms with Crippen LogP contribution in [0.5, 0.6) is 0 Å². The van der Waals surface area contributed by atoms with Gasteiger partial charge in [0.2, 0.25) is 10.0 Å². The van der Waals surface area contributed by atoms with Gasteiger partial charge in [0.1, 0.15) is 0 Å². The van der Waals surface area contributed by atoms with E-state index in [-0.39, 0.29) is 22.2 Å². The average molecular weight is 456 g/mol. The van der Waals surface area contributed by atoms with E-state index < -0.39 is 40.2 Å². The maximum absolute atomic E-state index is 12.6. The van der Waals surface area contributed by atoms with Gasteiger partial charge in [-0.25, -0.2) is 17.9 Å². The SMILES string of the molecule is Cc1ccc(S(=O)(=O)NC2CC2)cc1C(=O)OCC(=O)Nc1ccc(C(F)(F)F)cc1. The van der Waals surface area contributed by atoms with Crippen LogP contribution in [0.3, 0.4) is 0 Å². The van der Waals surface area contributed by atoms with Gasteiger partial charge in [-0.2, -0.15) is 13.2 Å². The van der Waals surface area contributed by atoms with E-state index in [0.29, 0.717) is 5.56 Å². The van der Waals surface area contributed by atoms with Gasteiger partial charge in [-0.15, -0.1) is 0 Å². The van der Waals surface area contributed by atoms with E-state index in [4.69, 9.17) is 4.74 Å². The largest absolute Gasteiger partial charge is 0.452 e. The number of rotatable bonds is 7. The van der Waals surface area contributed by atoms with E-state index in [9.17, 15) is 31.2 Å². The van der Waals surface area contributed by atoms with E-state index in [0.717, 1.165) is 37.1 Å². The number of anilines is 1. The highest BCUT2D eigenvalue weighted by Gasteiger charge is 2.30. The molecular weight excluding hydrogens is 437 g/mol. The smallest absolute Gasteiger partial charge is 0.416 e. The van der Waals surface area contributed by atoms with Crippen LogP contribution in [0.4, 0.5) is 18.9 Å². The molecule has 1 aliphatic carbocycles. The number of hydrogen-bond donors (Lipinski definition) is 2. The summed E-state index contributed by atoms with van der Waals surface area (Å²) in [4.78, 5) is 24.2. The van der Waals surface area contributed by atoms with Gasteiger partial charge in [0.25, 0.3) is 5.91 Å². The molecule has 3 rings (SSSR count). The summed E-state index contributed by atoms with van der Waals surface area (Å²) in [5.74, 6) is -1.66. The van der Waals surface area contributed by atoms with Gasteiger partial charge in [-0.3, -0.25) is 4.79 Å². The van der Waals surface area contributed by atoms with Crippen LogP contribution in [0.15, 0.2) is 47.4 Å². The average Bonchev–Trinajstić information content (AvgIpc) is 3.49. The third kappa shape index (κ3) is 6.05. The van der Waals surface area contributed by atoms with Gasteiger partial charge in [0.15, 0.2) is 6.61 Å². The second-order valence-electron chi connectivity index (χ2n) is 7.07. The van der Waals surface area contributed by atoms with Crippen molar-refractivity contribution in [3.8, 4) is 0 Å². The molecule has 31 heavy (non-hydrogen) atoms. The summed E-state index contributed by atoms with van der Waals surface area (Å²) in [6.07, 6.45) is -2.98. The van der Waals surface area contributed by atoms with Crippen LogP contribution in [0.1, 0.15) is 34.3 Å². The Hall–Kier alpha value is -2.92. The van der Waals surface area contributed by atoms with Crippen LogP contribution < -0.4 is 10.0 Å². The van der Waals surface area contributed by atoms with Crippen LogP contribution >= 0.6 is 0 Å². The summed E-state index contributed by atoms with van der Waals surface area (Å²) in [6, 6.07) is 7.68. The van der Waals surface area contributed by atoms with Crippen molar-refractivity contribution < 1.29 is 35.9 Å². The molecule has 0 saturated heterocycles. The first-order chi connectivity index (χ1) is 14.5. The third-order valence-corrected chi connectivity index (χ3v) is 5.99. The zero-order valence-electron chi connectivity index (χ0n) is 16.3. The molecule has 0 aromatic heterocycles. The number of carbonyl (C=O) groups is 2. The van der Waals surface area contributed by atoms with Crippen molar-refractivity contribution in [2.24, 2.45) is 0 Å². The van der Waals surface area contributed by atoms with Crippen LogP contribution in [-0.2, 0) is 25.7 Å². The topological polar surface area (TPSA) is 102 Å². The molecule has 0 spiro atoms. The molecule has 0 radical (unpaired) electrons. The molecule has 7 nitrogen and oxygen atoms in total. The van der Waals surface area contributed by atoms with Gasteiger partial charge in [-0.05, 0) is 61.7 Å². The van der Waals surface area contributed by atoms with Crippen molar-refractivity contribution in [1.29, 1.82) is 0 Å². The number of nitrogens with one attached hydrogen (secondary N) is 2. The molecular formula is C20H19F3N2O5S. The summed E-state index contributed by atoms with van der Waals surface area (Å²) in [6.45, 7) is 0.889. The number of aryl methyl sites for hydroxylation is 1. The fourth-order valence-corrected chi connectivity index (χ4v) is 3.96. The Balaban J connectivity index is 1.61. The molecule has 11 heteroatoms. The number of esters is 1. The normalized spacial score (nSPS) is 14.2. The Morgan fingerprint density at radius 2 is 1.74 bits per heavy atom. The lowest BCUT2D eigenvalue weighted by atomic mass is 10.1. The van der Waals surface area contributed by atoms with Crippen LogP contribution in [0, 0.1) is 6.92 Å². The Labute approximate surface area is 176 Å². The van der Waals surface area contributed by atoms with Crippen molar-refractivity contribution in [2.45, 2.75) is 36.9 Å². The summed E-state index contributed by atoms with van der Waals surface area (Å²) < 4.78 is 69.8. The highest BCUT2D eigenvalue weighted by Crippen LogP contribution is 2.29. The molecule has 0 unspecified atom stereocenters. The minimum Gasteiger partial charge on any atom is -0.452 e. The standard InChI is InChI=1S/C20H19F3N2O5S/c1-12-2-9-16(31(28,29)25-15-7-8-15)10-17(12)19(27)30-11-18(26)24-14-5-3-13(4-6-14)20(21,22)23/h2-6,9-10,15,25H,7-8,11H2,1H3,(H,24,26). The fourth-order valence-electron chi connectivity index (χ4n) is 2.63. The predicted octanol–water partition coefficient (Wildman–Crippen LogP) is 3.25. The quantitative estimate of drug-likeness (QED) is 0.623. The van der Waals surface area contributed by atoms with E-state index in [1.54, 1.807) is 6.92 Å². The van der Waals surface area contributed by atoms with Gasteiger partial charge >= 0.3 is 12.1 Å². The number of sulfonamides is 1. The number of alkyl halides is 3. The number of hydrogen-bond acceptors (Lipinski definition) is 5. The fraction of sp³-hybridized carbons (Fsp3) is 0.300. The monoisotopic (exact) mass is 456 g/mol. The molecule has 1 amide bonds. The molecule has 0 atom stereocenters. The molecule has 1 saturated carbocycles. The molecule has 2 N–H and O–H groups in total. The van der Waals surface area contributed by atoms with Gasteiger partial charge < -0.3 is 10.1 Å². The van der Waals surface area contributed by atoms with E-state index in [2.05, 4.69) is 10.0 Å². The van der Waals surface area contributed by atoms with Crippen LogP contribution in [0.25, 0.3) is 0 Å². The number of carbonyl (C=O) groups excluding carboxylic acids is 2. The van der Waals surface area contributed by atoms with Crippen LogP contribution in [-0.4, -0.2) is 32.9 Å². The summed E-state index contributed by atoms with van der Waals surface area (Å²) in [5.41, 5.74) is -0.317. The van der Waals surface area contributed by atoms with Gasteiger partial charge in [0, 0.05) is 11.7 Å². The molecule has 0 aliphatic heterocycles. The Kier molecular flexibility index (Phi) is 6.37. The molecule has 1 fully saturated rings.